The third kappa shape index (κ3) is 3.75. The Morgan fingerprint density at radius 3 is 2.71 bits per heavy atom. The van der Waals surface area contributed by atoms with Crippen molar-refractivity contribution < 1.29 is 13.2 Å². The van der Waals surface area contributed by atoms with E-state index in [4.69, 9.17) is 4.74 Å². The number of para-hydroxylation sites is 2. The van der Waals surface area contributed by atoms with Crippen LogP contribution in [0, 0.1) is 0 Å². The quantitative estimate of drug-likeness (QED) is 0.821. The van der Waals surface area contributed by atoms with Crippen molar-refractivity contribution >= 4 is 27.0 Å². The average Bonchev–Trinajstić information content (AvgIpc) is 2.94. The smallest absolute Gasteiger partial charge is 0.263 e. The van der Waals surface area contributed by atoms with Crippen molar-refractivity contribution in [3.8, 4) is 5.75 Å². The molecule has 0 radical (unpaired) electrons. The van der Waals surface area contributed by atoms with Gasteiger partial charge in [0, 0.05) is 11.4 Å². The van der Waals surface area contributed by atoms with Gasteiger partial charge in [0.05, 0.1) is 12.8 Å². The number of thiophene rings is 1. The van der Waals surface area contributed by atoms with Crippen molar-refractivity contribution in [2.24, 2.45) is 0 Å². The van der Waals surface area contributed by atoms with Crippen LogP contribution in [0.3, 0.4) is 0 Å². The number of methoxy groups -OCH3 is 1. The summed E-state index contributed by atoms with van der Waals surface area (Å²) in [7, 11) is -2.11. The fourth-order valence-corrected chi connectivity index (χ4v) is 4.35. The second-order valence-corrected chi connectivity index (χ2v) is 6.95. The van der Waals surface area contributed by atoms with Crippen LogP contribution in [-0.2, 0) is 16.6 Å². The van der Waals surface area contributed by atoms with Crippen molar-refractivity contribution in [2.45, 2.75) is 18.4 Å². The summed E-state index contributed by atoms with van der Waals surface area (Å²) >= 11 is 1.42. The lowest BCUT2D eigenvalue weighted by Crippen LogP contribution is -2.17. The number of rotatable bonds is 7. The average molecular weight is 326 g/mol. The highest BCUT2D eigenvalue weighted by Gasteiger charge is 2.20. The summed E-state index contributed by atoms with van der Waals surface area (Å²) < 4.78 is 32.8. The summed E-state index contributed by atoms with van der Waals surface area (Å²) in [4.78, 5) is 1.10. The molecule has 0 fully saturated rings. The lowest BCUT2D eigenvalue weighted by atomic mass is 10.3. The molecule has 7 heteroatoms. The minimum absolute atomic E-state index is 0.305. The summed E-state index contributed by atoms with van der Waals surface area (Å²) in [6, 6.07) is 8.55. The third-order valence-corrected chi connectivity index (χ3v) is 5.38. The van der Waals surface area contributed by atoms with Crippen LogP contribution < -0.4 is 14.8 Å². The van der Waals surface area contributed by atoms with Gasteiger partial charge in [-0.1, -0.05) is 19.1 Å². The Balaban J connectivity index is 2.28. The number of nitrogens with one attached hydrogen (secondary N) is 2. The van der Waals surface area contributed by atoms with Gasteiger partial charge in [-0.3, -0.25) is 4.72 Å². The van der Waals surface area contributed by atoms with Crippen molar-refractivity contribution in [3.63, 3.8) is 0 Å². The van der Waals surface area contributed by atoms with Crippen LogP contribution in [0.4, 0.5) is 5.69 Å². The fourth-order valence-electron chi connectivity index (χ4n) is 1.86. The second kappa shape index (κ2) is 6.93. The molecule has 2 N–H and O–H groups in total. The van der Waals surface area contributed by atoms with Gasteiger partial charge in [0.25, 0.3) is 10.0 Å². The van der Waals surface area contributed by atoms with Crippen LogP contribution in [0.15, 0.2) is 40.6 Å². The maximum Gasteiger partial charge on any atom is 0.263 e. The molecule has 0 spiro atoms. The number of benzene rings is 1. The van der Waals surface area contributed by atoms with Crippen LogP contribution in [0.5, 0.6) is 5.75 Å². The molecule has 0 atom stereocenters. The molecule has 21 heavy (non-hydrogen) atoms. The minimum atomic E-state index is -3.62. The van der Waals surface area contributed by atoms with Gasteiger partial charge in [-0.25, -0.2) is 8.42 Å². The Morgan fingerprint density at radius 1 is 1.24 bits per heavy atom. The molecule has 2 rings (SSSR count). The Bertz CT molecular complexity index is 696. The molecule has 1 aromatic heterocycles. The zero-order valence-electron chi connectivity index (χ0n) is 11.9. The largest absolute Gasteiger partial charge is 0.495 e. The predicted molar refractivity (Wildman–Crippen MR) is 85.5 cm³/mol. The van der Waals surface area contributed by atoms with Gasteiger partial charge in [-0.05, 0) is 30.1 Å². The molecule has 0 aliphatic heterocycles. The van der Waals surface area contributed by atoms with Gasteiger partial charge >= 0.3 is 0 Å². The fraction of sp³-hybridized carbons (Fsp3) is 0.286. The van der Waals surface area contributed by atoms with Gasteiger partial charge in [0.2, 0.25) is 0 Å². The van der Waals surface area contributed by atoms with Crippen LogP contribution >= 0.6 is 11.3 Å². The van der Waals surface area contributed by atoms with Gasteiger partial charge in [-0.2, -0.15) is 0 Å². The van der Waals surface area contributed by atoms with E-state index in [2.05, 4.69) is 10.0 Å². The molecule has 0 amide bonds. The zero-order chi connectivity index (χ0) is 15.3. The van der Waals surface area contributed by atoms with Crippen LogP contribution in [0.1, 0.15) is 11.8 Å². The second-order valence-electron chi connectivity index (χ2n) is 4.29. The third-order valence-electron chi connectivity index (χ3n) is 2.88. The van der Waals surface area contributed by atoms with E-state index in [1.807, 2.05) is 6.92 Å². The zero-order valence-corrected chi connectivity index (χ0v) is 13.6. The molecule has 0 bridgehead atoms. The van der Waals surface area contributed by atoms with Gasteiger partial charge < -0.3 is 10.1 Å². The molecule has 0 saturated heterocycles. The molecule has 0 saturated carbocycles. The van der Waals surface area contributed by atoms with Crippen molar-refractivity contribution in [2.75, 3.05) is 18.4 Å². The van der Waals surface area contributed by atoms with Crippen molar-refractivity contribution in [1.29, 1.82) is 0 Å². The summed E-state index contributed by atoms with van der Waals surface area (Å²) in [5.74, 6) is 0.490. The molecular weight excluding hydrogens is 308 g/mol. The first-order valence-corrected chi connectivity index (χ1v) is 8.87. The Kier molecular flexibility index (Phi) is 5.22. The van der Waals surface area contributed by atoms with E-state index < -0.39 is 10.0 Å². The Labute approximate surface area is 129 Å². The van der Waals surface area contributed by atoms with Crippen LogP contribution in [-0.4, -0.2) is 22.1 Å². The van der Waals surface area contributed by atoms with Gasteiger partial charge in [0.15, 0.2) is 0 Å². The normalized spacial score (nSPS) is 11.3. The summed E-state index contributed by atoms with van der Waals surface area (Å²) in [5, 5.41) is 4.92. The van der Waals surface area contributed by atoms with E-state index >= 15 is 0 Å². The SMILES string of the molecule is CCNCc1sccc1S(=O)(=O)Nc1ccccc1OC. The lowest BCUT2D eigenvalue weighted by molar-refractivity contribution is 0.417. The molecule has 0 aliphatic rings. The number of hydrogen-bond acceptors (Lipinski definition) is 5. The molecule has 0 unspecified atom stereocenters. The first-order valence-electron chi connectivity index (χ1n) is 6.51. The standard InChI is InChI=1S/C14H18N2O3S2/c1-3-15-10-13-14(8-9-20-13)21(17,18)16-11-6-4-5-7-12(11)19-2/h4-9,15-16H,3,10H2,1-2H3. The summed E-state index contributed by atoms with van der Waals surface area (Å²) in [5.41, 5.74) is 0.431. The molecule has 1 heterocycles. The highest BCUT2D eigenvalue weighted by molar-refractivity contribution is 7.93. The predicted octanol–water partition coefficient (Wildman–Crippen LogP) is 2.67. The molecule has 0 aliphatic carbocycles. The summed E-state index contributed by atoms with van der Waals surface area (Å²) in [6.07, 6.45) is 0. The van der Waals surface area contributed by atoms with Gasteiger partial charge in [-0.15, -0.1) is 11.3 Å². The first kappa shape index (κ1) is 15.8. The molecule has 2 aromatic rings. The monoisotopic (exact) mass is 326 g/mol. The first-order chi connectivity index (χ1) is 10.1. The molecule has 1 aromatic carbocycles. The van der Waals surface area contributed by atoms with Crippen LogP contribution in [0.25, 0.3) is 0 Å². The van der Waals surface area contributed by atoms with E-state index in [-0.39, 0.29) is 0 Å². The number of hydrogen-bond donors (Lipinski definition) is 2. The highest BCUT2D eigenvalue weighted by Crippen LogP contribution is 2.28. The van der Waals surface area contributed by atoms with E-state index in [9.17, 15) is 8.42 Å². The molecule has 114 valence electrons. The minimum Gasteiger partial charge on any atom is -0.495 e. The van der Waals surface area contributed by atoms with Gasteiger partial charge in [0.1, 0.15) is 10.6 Å². The molecular formula is C14H18N2O3S2. The van der Waals surface area contributed by atoms with Crippen LogP contribution in [0.2, 0.25) is 0 Å². The van der Waals surface area contributed by atoms with E-state index in [1.54, 1.807) is 35.7 Å². The maximum atomic E-state index is 12.5. The Morgan fingerprint density at radius 2 is 2.00 bits per heavy atom. The highest BCUT2D eigenvalue weighted by atomic mass is 32.2. The Hall–Kier alpha value is -1.57. The van der Waals surface area contributed by atoms with E-state index in [0.29, 0.717) is 22.9 Å². The van der Waals surface area contributed by atoms with Crippen molar-refractivity contribution in [1.82, 2.24) is 5.32 Å². The lowest BCUT2D eigenvalue weighted by Gasteiger charge is -2.12. The number of sulfonamides is 1. The summed E-state index contributed by atoms with van der Waals surface area (Å²) in [6.45, 7) is 3.31. The topological polar surface area (TPSA) is 67.4 Å². The van der Waals surface area contributed by atoms with E-state index in [0.717, 1.165) is 11.4 Å². The number of anilines is 1. The van der Waals surface area contributed by atoms with E-state index in [1.165, 1.54) is 18.4 Å². The number of ether oxygens (including phenoxy) is 1. The maximum absolute atomic E-state index is 12.5. The molecule has 5 nitrogen and oxygen atoms in total. The van der Waals surface area contributed by atoms with Crippen molar-refractivity contribution in [3.05, 3.63) is 40.6 Å².